The Morgan fingerprint density at radius 1 is 1.07 bits per heavy atom. The van der Waals surface area contributed by atoms with Gasteiger partial charge in [0.15, 0.2) is 0 Å². The number of methoxy groups -OCH3 is 1. The molecule has 7 heteroatoms. The first-order valence-electron chi connectivity index (χ1n) is 9.29. The van der Waals surface area contributed by atoms with Crippen LogP contribution in [-0.2, 0) is 11.3 Å². The first-order valence-corrected chi connectivity index (χ1v) is 10.2. The highest BCUT2D eigenvalue weighted by molar-refractivity contribution is 7.13. The fraction of sp³-hybridized carbons (Fsp3) is 0.0870. The largest absolute Gasteiger partial charge is 0.465 e. The van der Waals surface area contributed by atoms with Crippen LogP contribution in [0.25, 0.3) is 10.6 Å². The second-order valence-electron chi connectivity index (χ2n) is 6.58. The smallest absolute Gasteiger partial charge is 0.337 e. The maximum atomic E-state index is 13.1. The van der Waals surface area contributed by atoms with E-state index in [2.05, 4.69) is 10.4 Å². The third-order valence-electron chi connectivity index (χ3n) is 4.49. The zero-order valence-corrected chi connectivity index (χ0v) is 17.1. The van der Waals surface area contributed by atoms with Gasteiger partial charge in [0.1, 0.15) is 5.69 Å². The van der Waals surface area contributed by atoms with Crippen LogP contribution in [0.3, 0.4) is 0 Å². The number of benzene rings is 2. The Morgan fingerprint density at radius 2 is 1.90 bits per heavy atom. The number of nitrogens with zero attached hydrogens (tertiary/aromatic N) is 2. The number of aromatic nitrogens is 2. The van der Waals surface area contributed by atoms with Crippen LogP contribution in [0.5, 0.6) is 0 Å². The summed E-state index contributed by atoms with van der Waals surface area (Å²) in [6.45, 7) is 0.560. The highest BCUT2D eigenvalue weighted by atomic mass is 32.1. The molecule has 0 bridgehead atoms. The summed E-state index contributed by atoms with van der Waals surface area (Å²) < 4.78 is 6.51. The zero-order valence-electron chi connectivity index (χ0n) is 16.2. The number of thiophene rings is 1. The van der Waals surface area contributed by atoms with Crippen molar-refractivity contribution in [3.63, 3.8) is 0 Å². The number of ether oxygens (including phenoxy) is 1. The minimum Gasteiger partial charge on any atom is -0.465 e. The Bertz CT molecular complexity index is 1170. The Kier molecular flexibility index (Phi) is 5.72. The summed E-state index contributed by atoms with van der Waals surface area (Å²) in [5.74, 6) is -0.749. The van der Waals surface area contributed by atoms with Gasteiger partial charge in [0.05, 0.1) is 29.7 Å². The van der Waals surface area contributed by atoms with Crippen molar-refractivity contribution >= 4 is 28.9 Å². The predicted molar refractivity (Wildman–Crippen MR) is 117 cm³/mol. The topological polar surface area (TPSA) is 73.2 Å². The first-order chi connectivity index (χ1) is 14.6. The molecule has 1 N–H and O–H groups in total. The van der Waals surface area contributed by atoms with Crippen molar-refractivity contribution in [1.82, 2.24) is 9.78 Å². The Balaban J connectivity index is 1.63. The van der Waals surface area contributed by atoms with Crippen LogP contribution in [0.15, 0.2) is 78.3 Å². The minimum absolute atomic E-state index is 0.292. The molecule has 0 saturated heterocycles. The van der Waals surface area contributed by atoms with Crippen LogP contribution < -0.4 is 5.32 Å². The number of hydrogen-bond donors (Lipinski definition) is 1. The van der Waals surface area contributed by atoms with Crippen molar-refractivity contribution in [1.29, 1.82) is 0 Å². The molecule has 0 aliphatic heterocycles. The Morgan fingerprint density at radius 3 is 2.63 bits per heavy atom. The molecule has 4 rings (SSSR count). The van der Waals surface area contributed by atoms with Crippen LogP contribution in [0.2, 0.25) is 0 Å². The number of carbonyl (C=O) groups is 2. The lowest BCUT2D eigenvalue weighted by Gasteiger charge is -2.06. The lowest BCUT2D eigenvalue weighted by atomic mass is 10.1. The average Bonchev–Trinajstić information content (AvgIpc) is 3.44. The normalized spacial score (nSPS) is 10.6. The number of amides is 1. The molecular weight excluding hydrogens is 398 g/mol. The molecule has 0 unspecified atom stereocenters. The number of hydrogen-bond acceptors (Lipinski definition) is 5. The van der Waals surface area contributed by atoms with E-state index in [-0.39, 0.29) is 5.91 Å². The SMILES string of the molecule is COC(=O)c1cccc(NC(=O)c2cn(Cc3ccccc3)nc2-c2cccs2)c1. The standard InChI is InChI=1S/C23H19N3O3S/c1-29-23(28)17-9-5-10-18(13-17)24-22(27)19-15-26(14-16-7-3-2-4-8-16)25-21(19)20-11-6-12-30-20/h2-13,15H,14H2,1H3,(H,24,27). The summed E-state index contributed by atoms with van der Waals surface area (Å²) in [4.78, 5) is 25.7. The molecule has 2 heterocycles. The second kappa shape index (κ2) is 8.75. The summed E-state index contributed by atoms with van der Waals surface area (Å²) >= 11 is 1.53. The fourth-order valence-electron chi connectivity index (χ4n) is 3.07. The third kappa shape index (κ3) is 4.31. The van der Waals surface area contributed by atoms with Gasteiger partial charge in [-0.15, -0.1) is 11.3 Å². The molecule has 1 amide bonds. The highest BCUT2D eigenvalue weighted by Gasteiger charge is 2.19. The number of rotatable bonds is 6. The van der Waals surface area contributed by atoms with Gasteiger partial charge in [0, 0.05) is 11.9 Å². The van der Waals surface area contributed by atoms with Crippen LogP contribution >= 0.6 is 11.3 Å². The average molecular weight is 417 g/mol. The minimum atomic E-state index is -0.457. The summed E-state index contributed by atoms with van der Waals surface area (Å²) in [5.41, 5.74) is 3.07. The van der Waals surface area contributed by atoms with E-state index >= 15 is 0 Å². The van der Waals surface area contributed by atoms with Crippen molar-refractivity contribution < 1.29 is 14.3 Å². The van der Waals surface area contributed by atoms with Gasteiger partial charge in [0.25, 0.3) is 5.91 Å². The Hall–Kier alpha value is -3.71. The van der Waals surface area contributed by atoms with Gasteiger partial charge in [-0.1, -0.05) is 42.5 Å². The molecule has 4 aromatic rings. The van der Waals surface area contributed by atoms with Gasteiger partial charge < -0.3 is 10.1 Å². The van der Waals surface area contributed by atoms with E-state index in [1.54, 1.807) is 35.1 Å². The second-order valence-corrected chi connectivity index (χ2v) is 7.53. The van der Waals surface area contributed by atoms with Crippen LogP contribution in [0, 0.1) is 0 Å². The molecule has 0 spiro atoms. The molecule has 0 saturated carbocycles. The molecule has 0 aliphatic rings. The molecule has 0 atom stereocenters. The number of esters is 1. The van der Waals surface area contributed by atoms with E-state index < -0.39 is 5.97 Å². The predicted octanol–water partition coefficient (Wildman–Crippen LogP) is 4.70. The summed E-state index contributed by atoms with van der Waals surface area (Å²) in [7, 11) is 1.32. The molecular formula is C23H19N3O3S. The van der Waals surface area contributed by atoms with E-state index in [0.29, 0.717) is 29.1 Å². The number of carbonyl (C=O) groups excluding carboxylic acids is 2. The molecule has 2 aromatic heterocycles. The van der Waals surface area contributed by atoms with E-state index in [1.165, 1.54) is 18.4 Å². The lowest BCUT2D eigenvalue weighted by molar-refractivity contribution is 0.0600. The Labute approximate surface area is 177 Å². The third-order valence-corrected chi connectivity index (χ3v) is 5.37. The van der Waals surface area contributed by atoms with Crippen LogP contribution in [-0.4, -0.2) is 28.8 Å². The van der Waals surface area contributed by atoms with Crippen molar-refractivity contribution in [2.45, 2.75) is 6.54 Å². The fourth-order valence-corrected chi connectivity index (χ4v) is 3.80. The lowest BCUT2D eigenvalue weighted by Crippen LogP contribution is -2.13. The van der Waals surface area contributed by atoms with Gasteiger partial charge in [0.2, 0.25) is 0 Å². The maximum absolute atomic E-state index is 13.1. The van der Waals surface area contributed by atoms with Crippen molar-refractivity contribution in [3.8, 4) is 10.6 Å². The van der Waals surface area contributed by atoms with E-state index in [4.69, 9.17) is 4.74 Å². The zero-order chi connectivity index (χ0) is 20.9. The van der Waals surface area contributed by atoms with Gasteiger partial charge in [-0.25, -0.2) is 4.79 Å². The van der Waals surface area contributed by atoms with Gasteiger partial charge in [-0.2, -0.15) is 5.10 Å². The van der Waals surface area contributed by atoms with Gasteiger partial charge in [-0.3, -0.25) is 9.48 Å². The number of nitrogens with one attached hydrogen (secondary N) is 1. The van der Waals surface area contributed by atoms with Crippen LogP contribution in [0.4, 0.5) is 5.69 Å². The van der Waals surface area contributed by atoms with Crippen molar-refractivity contribution in [3.05, 3.63) is 95.0 Å². The van der Waals surface area contributed by atoms with Crippen LogP contribution in [0.1, 0.15) is 26.3 Å². The molecule has 30 heavy (non-hydrogen) atoms. The summed E-state index contributed by atoms with van der Waals surface area (Å²) in [6.07, 6.45) is 1.75. The van der Waals surface area contributed by atoms with Gasteiger partial charge >= 0.3 is 5.97 Å². The highest BCUT2D eigenvalue weighted by Crippen LogP contribution is 2.28. The number of anilines is 1. The van der Waals surface area contributed by atoms with Crippen molar-refractivity contribution in [2.75, 3.05) is 12.4 Å². The summed E-state index contributed by atoms with van der Waals surface area (Å²) in [6, 6.07) is 20.5. The maximum Gasteiger partial charge on any atom is 0.337 e. The molecule has 2 aromatic carbocycles. The van der Waals surface area contributed by atoms with Gasteiger partial charge in [-0.05, 0) is 35.2 Å². The molecule has 0 radical (unpaired) electrons. The summed E-state index contributed by atoms with van der Waals surface area (Å²) in [5, 5.41) is 9.47. The van der Waals surface area contributed by atoms with Crippen molar-refractivity contribution in [2.24, 2.45) is 0 Å². The van der Waals surface area contributed by atoms with E-state index in [0.717, 1.165) is 10.4 Å². The molecule has 6 nitrogen and oxygen atoms in total. The van der Waals surface area contributed by atoms with E-state index in [1.807, 2.05) is 47.8 Å². The molecule has 0 fully saturated rings. The van der Waals surface area contributed by atoms with E-state index in [9.17, 15) is 9.59 Å². The molecule has 150 valence electrons. The quantitative estimate of drug-likeness (QED) is 0.462. The monoisotopic (exact) mass is 417 g/mol. The first kappa shape index (κ1) is 19.6. The molecule has 0 aliphatic carbocycles.